The lowest BCUT2D eigenvalue weighted by molar-refractivity contribution is 0.141. The Balaban J connectivity index is 2.73. The fourth-order valence-corrected chi connectivity index (χ4v) is 3.14. The molecule has 0 unspecified atom stereocenters. The summed E-state index contributed by atoms with van der Waals surface area (Å²) in [7, 11) is -2.05. The van der Waals surface area contributed by atoms with Crippen molar-refractivity contribution in [3.05, 3.63) is 12.4 Å². The maximum atomic E-state index is 12.2. The molecule has 20 heavy (non-hydrogen) atoms. The molecule has 7 nitrogen and oxygen atoms in total. The van der Waals surface area contributed by atoms with Gasteiger partial charge in [0.15, 0.2) is 0 Å². The summed E-state index contributed by atoms with van der Waals surface area (Å²) < 4.78 is 33.7. The molecule has 8 heteroatoms. The quantitative estimate of drug-likeness (QED) is 0.636. The first-order chi connectivity index (χ1) is 9.30. The molecule has 1 aromatic rings. The van der Waals surface area contributed by atoms with Gasteiger partial charge < -0.3 is 10.1 Å². The van der Waals surface area contributed by atoms with Crippen LogP contribution in [-0.4, -0.2) is 50.5 Å². The van der Waals surface area contributed by atoms with E-state index in [2.05, 4.69) is 15.1 Å². The fourth-order valence-electron chi connectivity index (χ4n) is 1.79. The topological polar surface area (TPSA) is 85.2 Å². The first kappa shape index (κ1) is 17.1. The fraction of sp³-hybridized carbons (Fsp3) is 0.750. The van der Waals surface area contributed by atoms with Gasteiger partial charge in [-0.05, 0) is 20.4 Å². The normalized spacial score (nSPS) is 12.8. The Morgan fingerprint density at radius 3 is 2.75 bits per heavy atom. The van der Waals surface area contributed by atoms with Crippen molar-refractivity contribution >= 4 is 10.0 Å². The Morgan fingerprint density at radius 1 is 1.45 bits per heavy atom. The zero-order valence-electron chi connectivity index (χ0n) is 12.5. The molecule has 0 spiro atoms. The molecule has 2 N–H and O–H groups in total. The third-order valence-corrected chi connectivity index (χ3v) is 4.26. The van der Waals surface area contributed by atoms with Crippen molar-refractivity contribution in [1.29, 1.82) is 0 Å². The third-order valence-electron chi connectivity index (χ3n) is 2.60. The molecule has 0 fully saturated rings. The first-order valence-corrected chi connectivity index (χ1v) is 8.05. The second kappa shape index (κ2) is 7.16. The van der Waals surface area contributed by atoms with Crippen LogP contribution in [0.25, 0.3) is 0 Å². The summed E-state index contributed by atoms with van der Waals surface area (Å²) in [6.45, 7) is 8.10. The number of rotatable bonds is 9. The van der Waals surface area contributed by atoms with Crippen LogP contribution >= 0.6 is 0 Å². The van der Waals surface area contributed by atoms with E-state index in [0.717, 1.165) is 13.1 Å². The average Bonchev–Trinajstić information content (AvgIpc) is 2.77. The van der Waals surface area contributed by atoms with Crippen LogP contribution in [0.15, 0.2) is 17.3 Å². The lowest BCUT2D eigenvalue weighted by Crippen LogP contribution is -2.46. The number of methoxy groups -OCH3 is 1. The van der Waals surface area contributed by atoms with Crippen molar-refractivity contribution in [2.24, 2.45) is 0 Å². The second-order valence-corrected chi connectivity index (χ2v) is 6.90. The monoisotopic (exact) mass is 304 g/mol. The highest BCUT2D eigenvalue weighted by molar-refractivity contribution is 7.89. The van der Waals surface area contributed by atoms with Gasteiger partial charge in [-0.2, -0.15) is 5.10 Å². The number of nitrogens with zero attached hydrogens (tertiary/aromatic N) is 2. The Hall–Kier alpha value is -0.960. The summed E-state index contributed by atoms with van der Waals surface area (Å²) in [6, 6.07) is 0. The number of hydrogen-bond acceptors (Lipinski definition) is 5. The molecule has 0 radical (unpaired) electrons. The van der Waals surface area contributed by atoms with Gasteiger partial charge in [-0.25, -0.2) is 13.1 Å². The van der Waals surface area contributed by atoms with Gasteiger partial charge in [0.25, 0.3) is 0 Å². The molecule has 0 atom stereocenters. The molecule has 0 aliphatic carbocycles. The molecule has 1 aromatic heterocycles. The molecule has 0 aliphatic rings. The molecule has 1 heterocycles. The van der Waals surface area contributed by atoms with E-state index in [4.69, 9.17) is 4.74 Å². The minimum atomic E-state index is -3.58. The van der Waals surface area contributed by atoms with Gasteiger partial charge in [0.2, 0.25) is 10.0 Å². The van der Waals surface area contributed by atoms with Crippen LogP contribution in [0.1, 0.15) is 20.8 Å². The lowest BCUT2D eigenvalue weighted by Gasteiger charge is -2.24. The van der Waals surface area contributed by atoms with Gasteiger partial charge in [0.1, 0.15) is 4.90 Å². The number of aromatic nitrogens is 2. The Morgan fingerprint density at radius 2 is 2.15 bits per heavy atom. The highest BCUT2D eigenvalue weighted by atomic mass is 32.2. The molecule has 0 saturated heterocycles. The predicted molar refractivity (Wildman–Crippen MR) is 77.0 cm³/mol. The Bertz CT molecular complexity index is 511. The summed E-state index contributed by atoms with van der Waals surface area (Å²) in [4.78, 5) is 0.165. The molecule has 0 bridgehead atoms. The van der Waals surface area contributed by atoms with E-state index in [9.17, 15) is 8.42 Å². The van der Waals surface area contributed by atoms with Gasteiger partial charge >= 0.3 is 0 Å². The van der Waals surface area contributed by atoms with Crippen molar-refractivity contribution in [1.82, 2.24) is 19.8 Å². The first-order valence-electron chi connectivity index (χ1n) is 6.57. The largest absolute Gasteiger partial charge is 0.383 e. The van der Waals surface area contributed by atoms with Crippen LogP contribution in [0.4, 0.5) is 0 Å². The summed E-state index contributed by atoms with van der Waals surface area (Å²) in [5.74, 6) is 0. The van der Waals surface area contributed by atoms with Gasteiger partial charge in [0.05, 0.1) is 24.9 Å². The zero-order valence-corrected chi connectivity index (χ0v) is 13.3. The van der Waals surface area contributed by atoms with Crippen molar-refractivity contribution in [3.63, 3.8) is 0 Å². The summed E-state index contributed by atoms with van der Waals surface area (Å²) in [5, 5.41) is 7.21. The van der Waals surface area contributed by atoms with Crippen LogP contribution in [0.5, 0.6) is 0 Å². The van der Waals surface area contributed by atoms with Crippen molar-refractivity contribution in [2.75, 3.05) is 26.8 Å². The van der Waals surface area contributed by atoms with Crippen LogP contribution in [-0.2, 0) is 21.3 Å². The van der Waals surface area contributed by atoms with E-state index < -0.39 is 15.6 Å². The molecular formula is C12H24N4O3S. The van der Waals surface area contributed by atoms with Crippen molar-refractivity contribution in [2.45, 2.75) is 37.8 Å². The lowest BCUT2D eigenvalue weighted by atomic mass is 10.1. The molecule has 0 saturated carbocycles. The minimum Gasteiger partial charge on any atom is -0.383 e. The maximum Gasteiger partial charge on any atom is 0.244 e. The molecule has 1 rings (SSSR count). The number of likely N-dealkylation sites (N-methyl/N-ethyl adjacent to an activating group) is 1. The second-order valence-electron chi connectivity index (χ2n) is 5.22. The SMILES string of the molecule is CCNCCn1cc(S(=O)(=O)NC(C)(C)COC)cn1. The van der Waals surface area contributed by atoms with Gasteiger partial charge in [-0.1, -0.05) is 6.92 Å². The average molecular weight is 304 g/mol. The zero-order chi connectivity index (χ0) is 15.2. The van der Waals surface area contributed by atoms with Gasteiger partial charge in [0, 0.05) is 19.9 Å². The van der Waals surface area contributed by atoms with E-state index in [0.29, 0.717) is 13.2 Å². The number of nitrogens with one attached hydrogen (secondary N) is 2. The summed E-state index contributed by atoms with van der Waals surface area (Å²) in [5.41, 5.74) is -0.667. The molecule has 0 aliphatic heterocycles. The number of sulfonamides is 1. The van der Waals surface area contributed by atoms with Crippen molar-refractivity contribution in [3.8, 4) is 0 Å². The standard InChI is InChI=1S/C12H24N4O3S/c1-5-13-6-7-16-9-11(8-14-16)20(17,18)15-12(2,3)10-19-4/h8-9,13,15H,5-7,10H2,1-4H3. The summed E-state index contributed by atoms with van der Waals surface area (Å²) in [6.07, 6.45) is 2.89. The summed E-state index contributed by atoms with van der Waals surface area (Å²) >= 11 is 0. The number of ether oxygens (including phenoxy) is 1. The highest BCUT2D eigenvalue weighted by Gasteiger charge is 2.27. The predicted octanol–water partition coefficient (Wildman–Crippen LogP) is 0.196. The third kappa shape index (κ3) is 5.20. The molecule has 116 valence electrons. The van der Waals surface area contributed by atoms with Crippen LogP contribution in [0, 0.1) is 0 Å². The number of hydrogen-bond donors (Lipinski definition) is 2. The molecule has 0 amide bonds. The smallest absolute Gasteiger partial charge is 0.244 e. The Kier molecular flexibility index (Phi) is 6.12. The van der Waals surface area contributed by atoms with Gasteiger partial charge in [-0.3, -0.25) is 4.68 Å². The van der Waals surface area contributed by atoms with Gasteiger partial charge in [-0.15, -0.1) is 0 Å². The minimum absolute atomic E-state index is 0.165. The van der Waals surface area contributed by atoms with E-state index in [1.54, 1.807) is 18.5 Å². The van der Waals surface area contributed by atoms with Crippen molar-refractivity contribution < 1.29 is 13.2 Å². The van der Waals surface area contributed by atoms with Crippen LogP contribution in [0.3, 0.4) is 0 Å². The Labute approximate surface area is 120 Å². The highest BCUT2D eigenvalue weighted by Crippen LogP contribution is 2.12. The van der Waals surface area contributed by atoms with E-state index in [1.807, 2.05) is 6.92 Å². The van der Waals surface area contributed by atoms with E-state index in [1.165, 1.54) is 19.5 Å². The maximum absolute atomic E-state index is 12.2. The van der Waals surface area contributed by atoms with Crippen LogP contribution < -0.4 is 10.0 Å². The molecular weight excluding hydrogens is 280 g/mol. The molecule has 0 aromatic carbocycles. The van der Waals surface area contributed by atoms with E-state index in [-0.39, 0.29) is 4.90 Å². The van der Waals surface area contributed by atoms with E-state index >= 15 is 0 Å². The van der Waals surface area contributed by atoms with Crippen LogP contribution in [0.2, 0.25) is 0 Å².